The Hall–Kier alpha value is -1.86. The molecular weight excluding hydrogens is 470 g/mol. The summed E-state index contributed by atoms with van der Waals surface area (Å²) in [6.07, 6.45) is 4.05. The van der Waals surface area contributed by atoms with E-state index in [4.69, 9.17) is 46.4 Å². The van der Waals surface area contributed by atoms with Gasteiger partial charge in [-0.3, -0.25) is 15.2 Å². The molecule has 0 heterocycles. The summed E-state index contributed by atoms with van der Waals surface area (Å²) in [7, 11) is 0. The van der Waals surface area contributed by atoms with E-state index >= 15 is 0 Å². The molecule has 2 atom stereocenters. The van der Waals surface area contributed by atoms with Crippen molar-refractivity contribution in [1.29, 1.82) is 0 Å². The number of rotatable bonds is 6. The fraction of sp³-hybridized carbons (Fsp3) is 0.300. The number of urea groups is 1. The second-order valence-electron chi connectivity index (χ2n) is 7.00. The lowest BCUT2D eigenvalue weighted by Crippen LogP contribution is -2.55. The minimum atomic E-state index is -0.401. The third-order valence-electron chi connectivity index (χ3n) is 4.76. The lowest BCUT2D eigenvalue weighted by Gasteiger charge is -2.38. The van der Waals surface area contributed by atoms with E-state index in [-0.39, 0.29) is 12.1 Å². The number of carbonyl (C=O) groups is 2. The molecule has 1 aliphatic carbocycles. The average molecular weight is 490 g/mol. The largest absolute Gasteiger partial charge is 0.333 e. The molecule has 6 nitrogen and oxygen atoms in total. The number of halogens is 4. The summed E-state index contributed by atoms with van der Waals surface area (Å²) in [6.45, 7) is 0. The van der Waals surface area contributed by atoms with Crippen LogP contribution >= 0.6 is 46.4 Å². The van der Waals surface area contributed by atoms with E-state index in [9.17, 15) is 9.59 Å². The molecule has 0 aliphatic heterocycles. The predicted molar refractivity (Wildman–Crippen MR) is 123 cm³/mol. The van der Waals surface area contributed by atoms with Gasteiger partial charge in [0.05, 0.1) is 17.8 Å². The molecule has 0 aromatic heterocycles. The van der Waals surface area contributed by atoms with Crippen LogP contribution in [0.15, 0.2) is 36.4 Å². The van der Waals surface area contributed by atoms with E-state index in [0.29, 0.717) is 37.9 Å². The Bertz CT molecular complexity index is 887. The molecule has 1 fully saturated rings. The Kier molecular flexibility index (Phi) is 7.94. The van der Waals surface area contributed by atoms with Crippen LogP contribution in [0.5, 0.6) is 0 Å². The number of anilines is 2. The molecule has 0 bridgehead atoms. The Labute approximate surface area is 194 Å². The first kappa shape index (κ1) is 22.8. The van der Waals surface area contributed by atoms with Gasteiger partial charge in [0, 0.05) is 25.8 Å². The van der Waals surface area contributed by atoms with Gasteiger partial charge in [-0.15, -0.1) is 0 Å². The first-order valence-corrected chi connectivity index (χ1v) is 10.9. The van der Waals surface area contributed by atoms with Crippen LogP contribution < -0.4 is 16.1 Å². The van der Waals surface area contributed by atoms with Gasteiger partial charge in [-0.1, -0.05) is 59.2 Å². The summed E-state index contributed by atoms with van der Waals surface area (Å²) in [6, 6.07) is 8.84. The molecule has 3 N–H and O–H groups in total. The number of hydrogen-bond acceptors (Lipinski definition) is 3. The highest BCUT2D eigenvalue weighted by Gasteiger charge is 2.31. The predicted octanol–water partition coefficient (Wildman–Crippen LogP) is 6.22. The third kappa shape index (κ3) is 6.32. The lowest BCUT2D eigenvalue weighted by molar-refractivity contribution is -0.119. The van der Waals surface area contributed by atoms with E-state index in [1.165, 1.54) is 5.01 Å². The third-order valence-corrected chi connectivity index (χ3v) is 5.63. The number of carbonyl (C=O) groups excluding carboxylic acids is 2. The van der Waals surface area contributed by atoms with Gasteiger partial charge in [0.15, 0.2) is 0 Å². The molecular formula is C20H20Cl4N4O2. The molecule has 0 saturated heterocycles. The Morgan fingerprint density at radius 1 is 0.867 bits per heavy atom. The van der Waals surface area contributed by atoms with E-state index in [1.54, 1.807) is 36.4 Å². The molecule has 1 aliphatic rings. The van der Waals surface area contributed by atoms with Crippen LogP contribution in [-0.2, 0) is 4.79 Å². The smallest absolute Gasteiger partial charge is 0.319 e. The fourth-order valence-electron chi connectivity index (χ4n) is 3.53. The zero-order chi connectivity index (χ0) is 21.7. The van der Waals surface area contributed by atoms with E-state index in [2.05, 4.69) is 16.1 Å². The maximum absolute atomic E-state index is 12.5. The SMILES string of the molecule is O=CN(Nc1cc(Cl)cc(Cl)c1)[C@@H]1CCCC[C@@H]1NC(=O)Nc1cc(Cl)cc(Cl)c1. The Balaban J connectivity index is 1.69. The number of hydrazine groups is 1. The number of nitrogens with one attached hydrogen (secondary N) is 3. The van der Waals surface area contributed by atoms with Crippen molar-refractivity contribution in [1.82, 2.24) is 10.3 Å². The van der Waals surface area contributed by atoms with Crippen LogP contribution in [0, 0.1) is 0 Å². The standard InChI is InChI=1S/C20H20Cl4N4O2/c21-12-5-13(22)8-16(7-12)25-20(30)26-18-3-1-2-4-19(18)28(11-29)27-17-9-14(23)6-15(24)10-17/h5-11,18-19,27H,1-4H2,(H2,25,26,30)/t18-,19+/m0/s1. The van der Waals surface area contributed by atoms with E-state index in [1.807, 2.05) is 0 Å². The van der Waals surface area contributed by atoms with E-state index in [0.717, 1.165) is 25.7 Å². The summed E-state index contributed by atoms with van der Waals surface area (Å²) in [4.78, 5) is 24.4. The van der Waals surface area contributed by atoms with Gasteiger partial charge in [0.1, 0.15) is 0 Å². The van der Waals surface area contributed by atoms with Gasteiger partial charge < -0.3 is 10.6 Å². The summed E-state index contributed by atoms with van der Waals surface area (Å²) >= 11 is 24.0. The van der Waals surface area contributed by atoms with Gasteiger partial charge in [0.25, 0.3) is 0 Å². The van der Waals surface area contributed by atoms with Gasteiger partial charge in [-0.05, 0) is 49.2 Å². The van der Waals surface area contributed by atoms with Crippen molar-refractivity contribution in [2.24, 2.45) is 0 Å². The van der Waals surface area contributed by atoms with Gasteiger partial charge in [0.2, 0.25) is 6.41 Å². The van der Waals surface area contributed by atoms with Gasteiger partial charge >= 0.3 is 6.03 Å². The average Bonchev–Trinajstić information content (AvgIpc) is 2.65. The zero-order valence-corrected chi connectivity index (χ0v) is 18.8. The van der Waals surface area contributed by atoms with Crippen LogP contribution in [-0.4, -0.2) is 29.5 Å². The highest BCUT2D eigenvalue weighted by atomic mass is 35.5. The van der Waals surface area contributed by atoms with Gasteiger partial charge in [-0.2, -0.15) is 0 Å². The maximum Gasteiger partial charge on any atom is 0.319 e. The van der Waals surface area contributed by atoms with E-state index < -0.39 is 6.03 Å². The van der Waals surface area contributed by atoms with Crippen LogP contribution in [0.2, 0.25) is 20.1 Å². The molecule has 160 valence electrons. The highest BCUT2D eigenvalue weighted by molar-refractivity contribution is 6.35. The second-order valence-corrected chi connectivity index (χ2v) is 8.74. The number of amides is 3. The van der Waals surface area contributed by atoms with Crippen molar-refractivity contribution in [2.75, 3.05) is 10.7 Å². The molecule has 0 unspecified atom stereocenters. The van der Waals surface area contributed by atoms with Crippen LogP contribution in [0.3, 0.4) is 0 Å². The van der Waals surface area contributed by atoms with Crippen molar-refractivity contribution in [2.45, 2.75) is 37.8 Å². The summed E-state index contributed by atoms with van der Waals surface area (Å²) in [5.74, 6) is 0. The molecule has 3 amide bonds. The molecule has 1 saturated carbocycles. The van der Waals surface area contributed by atoms with Crippen molar-refractivity contribution in [3.63, 3.8) is 0 Å². The summed E-state index contributed by atoms with van der Waals surface area (Å²) in [5.41, 5.74) is 4.11. The zero-order valence-electron chi connectivity index (χ0n) is 15.8. The summed E-state index contributed by atoms with van der Waals surface area (Å²) in [5, 5.41) is 8.88. The topological polar surface area (TPSA) is 73.5 Å². The maximum atomic E-state index is 12.5. The van der Waals surface area contributed by atoms with Crippen LogP contribution in [0.4, 0.5) is 16.2 Å². The normalized spacial score (nSPS) is 18.4. The van der Waals surface area contributed by atoms with Crippen molar-refractivity contribution in [3.8, 4) is 0 Å². The molecule has 2 aromatic carbocycles. The summed E-state index contributed by atoms with van der Waals surface area (Å²) < 4.78 is 0. The Morgan fingerprint density at radius 2 is 1.40 bits per heavy atom. The minimum absolute atomic E-state index is 0.247. The van der Waals surface area contributed by atoms with Crippen molar-refractivity contribution >= 4 is 70.2 Å². The number of nitrogens with zero attached hydrogens (tertiary/aromatic N) is 1. The van der Waals surface area contributed by atoms with Gasteiger partial charge in [-0.25, -0.2) is 4.79 Å². The van der Waals surface area contributed by atoms with Crippen molar-refractivity contribution < 1.29 is 9.59 Å². The Morgan fingerprint density at radius 3 is 1.97 bits per heavy atom. The molecule has 0 radical (unpaired) electrons. The molecule has 3 rings (SSSR count). The van der Waals surface area contributed by atoms with Crippen molar-refractivity contribution in [3.05, 3.63) is 56.5 Å². The second kappa shape index (κ2) is 10.4. The minimum Gasteiger partial charge on any atom is -0.333 e. The quantitative estimate of drug-likeness (QED) is 0.333. The molecule has 0 spiro atoms. The molecule has 30 heavy (non-hydrogen) atoms. The lowest BCUT2D eigenvalue weighted by atomic mass is 9.90. The highest BCUT2D eigenvalue weighted by Crippen LogP contribution is 2.27. The molecule has 10 heteroatoms. The molecule has 2 aromatic rings. The van der Waals surface area contributed by atoms with Crippen LogP contribution in [0.1, 0.15) is 25.7 Å². The number of hydrogen-bond donors (Lipinski definition) is 3. The number of benzene rings is 2. The monoisotopic (exact) mass is 488 g/mol. The van der Waals surface area contributed by atoms with Crippen LogP contribution in [0.25, 0.3) is 0 Å². The first-order chi connectivity index (χ1) is 14.3. The first-order valence-electron chi connectivity index (χ1n) is 9.34. The fourth-order valence-corrected chi connectivity index (χ4v) is 4.58.